The van der Waals surface area contributed by atoms with Gasteiger partial charge in [-0.2, -0.15) is 0 Å². The summed E-state index contributed by atoms with van der Waals surface area (Å²) in [7, 11) is 1.61. The molecule has 3 atom stereocenters. The van der Waals surface area contributed by atoms with Gasteiger partial charge in [0, 0.05) is 32.6 Å². The van der Waals surface area contributed by atoms with Crippen LogP contribution in [0.25, 0.3) is 0 Å². The van der Waals surface area contributed by atoms with Gasteiger partial charge < -0.3 is 20.0 Å². The van der Waals surface area contributed by atoms with E-state index >= 15 is 0 Å². The highest BCUT2D eigenvalue weighted by atomic mass is 16.4. The first-order chi connectivity index (χ1) is 8.32. The molecule has 2 N–H and O–H groups in total. The summed E-state index contributed by atoms with van der Waals surface area (Å²) < 4.78 is 0. The Morgan fingerprint density at radius 2 is 2.06 bits per heavy atom. The minimum absolute atomic E-state index is 0.124. The molecule has 18 heavy (non-hydrogen) atoms. The molecule has 0 bridgehead atoms. The third kappa shape index (κ3) is 3.60. The number of carbonyl (C=O) groups excluding carboxylic acids is 1. The molecule has 1 rings (SSSR count). The van der Waals surface area contributed by atoms with E-state index in [1.165, 1.54) is 4.90 Å². The summed E-state index contributed by atoms with van der Waals surface area (Å²) in [6, 6.07) is -0.161. The summed E-state index contributed by atoms with van der Waals surface area (Å²) in [6.45, 7) is 4.68. The van der Waals surface area contributed by atoms with Crippen LogP contribution in [0.1, 0.15) is 20.3 Å². The highest BCUT2D eigenvalue weighted by Gasteiger charge is 2.31. The maximum Gasteiger partial charge on any atom is 0.319 e. The topological polar surface area (TPSA) is 81.1 Å². The minimum Gasteiger partial charge on any atom is -0.481 e. The molecule has 1 heterocycles. The quantitative estimate of drug-likeness (QED) is 0.767. The lowest BCUT2D eigenvalue weighted by Crippen LogP contribution is -2.43. The van der Waals surface area contributed by atoms with Crippen molar-refractivity contribution in [2.24, 2.45) is 11.8 Å². The number of carboxylic acid groups (broad SMARTS) is 1. The van der Waals surface area contributed by atoms with Crippen molar-refractivity contribution in [1.29, 1.82) is 0 Å². The standard InChI is InChI=1S/C12H22N2O4/c1-8(11(16)17)6-13(3)12(18)14-5-4-10(7-14)9(2)15/h8-10,15H,4-7H2,1-3H3,(H,16,17). The molecule has 3 unspecified atom stereocenters. The molecule has 1 aliphatic heterocycles. The van der Waals surface area contributed by atoms with Crippen molar-refractivity contribution in [2.75, 3.05) is 26.7 Å². The van der Waals surface area contributed by atoms with E-state index in [-0.39, 0.29) is 18.5 Å². The van der Waals surface area contributed by atoms with E-state index in [2.05, 4.69) is 0 Å². The van der Waals surface area contributed by atoms with Crippen molar-refractivity contribution in [3.63, 3.8) is 0 Å². The smallest absolute Gasteiger partial charge is 0.319 e. The van der Waals surface area contributed by atoms with Gasteiger partial charge in [-0.3, -0.25) is 4.79 Å². The number of urea groups is 1. The zero-order chi connectivity index (χ0) is 13.9. The van der Waals surface area contributed by atoms with E-state index in [0.717, 1.165) is 6.42 Å². The Labute approximate surface area is 107 Å². The maximum atomic E-state index is 12.0. The van der Waals surface area contributed by atoms with Gasteiger partial charge in [0.15, 0.2) is 0 Å². The van der Waals surface area contributed by atoms with Crippen LogP contribution in [0, 0.1) is 11.8 Å². The molecule has 1 aliphatic rings. The van der Waals surface area contributed by atoms with E-state index in [1.54, 1.807) is 25.8 Å². The highest BCUT2D eigenvalue weighted by molar-refractivity contribution is 5.76. The van der Waals surface area contributed by atoms with Crippen LogP contribution in [0.15, 0.2) is 0 Å². The van der Waals surface area contributed by atoms with Gasteiger partial charge in [0.2, 0.25) is 0 Å². The van der Waals surface area contributed by atoms with Gasteiger partial charge >= 0.3 is 12.0 Å². The highest BCUT2D eigenvalue weighted by Crippen LogP contribution is 2.20. The lowest BCUT2D eigenvalue weighted by molar-refractivity contribution is -0.141. The van der Waals surface area contributed by atoms with Crippen LogP contribution in [0.4, 0.5) is 4.79 Å². The molecule has 0 radical (unpaired) electrons. The number of aliphatic hydroxyl groups is 1. The second-order valence-electron chi connectivity index (χ2n) is 5.14. The van der Waals surface area contributed by atoms with Crippen molar-refractivity contribution in [3.05, 3.63) is 0 Å². The summed E-state index contributed by atoms with van der Waals surface area (Å²) in [6.07, 6.45) is 0.386. The van der Waals surface area contributed by atoms with Crippen molar-refractivity contribution < 1.29 is 19.8 Å². The normalized spacial score (nSPS) is 22.7. The summed E-state index contributed by atoms with van der Waals surface area (Å²) >= 11 is 0. The van der Waals surface area contributed by atoms with Crippen LogP contribution in [0.3, 0.4) is 0 Å². The average molecular weight is 258 g/mol. The molecule has 1 fully saturated rings. The molecule has 0 aromatic heterocycles. The first-order valence-electron chi connectivity index (χ1n) is 6.23. The van der Waals surface area contributed by atoms with E-state index in [9.17, 15) is 14.7 Å². The summed E-state index contributed by atoms with van der Waals surface area (Å²) in [5, 5.41) is 18.3. The van der Waals surface area contributed by atoms with Crippen LogP contribution < -0.4 is 0 Å². The Bertz CT molecular complexity index is 319. The fraction of sp³-hybridized carbons (Fsp3) is 0.833. The SMILES string of the molecule is CC(CN(C)C(=O)N1CCC(C(C)O)C1)C(=O)O. The van der Waals surface area contributed by atoms with E-state index in [0.29, 0.717) is 13.1 Å². The summed E-state index contributed by atoms with van der Waals surface area (Å²) in [5.41, 5.74) is 0. The number of rotatable bonds is 4. The Morgan fingerprint density at radius 1 is 1.44 bits per heavy atom. The van der Waals surface area contributed by atoms with Gasteiger partial charge in [-0.1, -0.05) is 6.92 Å². The number of carboxylic acids is 1. The number of amides is 2. The first-order valence-corrected chi connectivity index (χ1v) is 6.23. The molecule has 6 nitrogen and oxygen atoms in total. The molecule has 6 heteroatoms. The van der Waals surface area contributed by atoms with Gasteiger partial charge in [0.1, 0.15) is 0 Å². The van der Waals surface area contributed by atoms with E-state index in [1.807, 2.05) is 0 Å². The number of aliphatic hydroxyl groups excluding tert-OH is 1. The Hall–Kier alpha value is -1.30. The molecule has 0 spiro atoms. The molecular weight excluding hydrogens is 236 g/mol. The van der Waals surface area contributed by atoms with Gasteiger partial charge in [-0.05, 0) is 13.3 Å². The van der Waals surface area contributed by atoms with Crippen molar-refractivity contribution >= 4 is 12.0 Å². The predicted octanol–water partition coefficient (Wildman–Crippen LogP) is 0.462. The number of carbonyl (C=O) groups is 2. The Morgan fingerprint density at radius 3 is 2.50 bits per heavy atom. The Balaban J connectivity index is 2.48. The van der Waals surface area contributed by atoms with Gasteiger partial charge in [0.25, 0.3) is 0 Å². The van der Waals surface area contributed by atoms with Crippen molar-refractivity contribution in [1.82, 2.24) is 9.80 Å². The number of hydrogen-bond acceptors (Lipinski definition) is 3. The molecular formula is C12H22N2O4. The second kappa shape index (κ2) is 6.04. The zero-order valence-corrected chi connectivity index (χ0v) is 11.2. The Kier molecular flexibility index (Phi) is 4.95. The van der Waals surface area contributed by atoms with Crippen molar-refractivity contribution in [3.8, 4) is 0 Å². The lowest BCUT2D eigenvalue weighted by atomic mass is 10.0. The fourth-order valence-electron chi connectivity index (χ4n) is 2.16. The van der Waals surface area contributed by atoms with E-state index in [4.69, 9.17) is 5.11 Å². The van der Waals surface area contributed by atoms with Gasteiger partial charge in [0.05, 0.1) is 12.0 Å². The number of aliphatic carboxylic acids is 1. The number of hydrogen-bond donors (Lipinski definition) is 2. The van der Waals surface area contributed by atoms with Gasteiger partial charge in [-0.15, -0.1) is 0 Å². The molecule has 0 aliphatic carbocycles. The fourth-order valence-corrected chi connectivity index (χ4v) is 2.16. The molecule has 1 saturated heterocycles. The second-order valence-corrected chi connectivity index (χ2v) is 5.14. The third-order valence-electron chi connectivity index (χ3n) is 3.47. The molecule has 0 saturated carbocycles. The average Bonchev–Trinajstić information content (AvgIpc) is 2.76. The summed E-state index contributed by atoms with van der Waals surface area (Å²) in [5.74, 6) is -1.36. The van der Waals surface area contributed by atoms with E-state index < -0.39 is 18.0 Å². The zero-order valence-electron chi connectivity index (χ0n) is 11.2. The van der Waals surface area contributed by atoms with Crippen molar-refractivity contribution in [2.45, 2.75) is 26.4 Å². The predicted molar refractivity (Wildman–Crippen MR) is 66.2 cm³/mol. The number of likely N-dealkylation sites (tertiary alicyclic amines) is 1. The molecule has 0 aromatic carbocycles. The number of nitrogens with zero attached hydrogens (tertiary/aromatic N) is 2. The molecule has 0 aromatic rings. The van der Waals surface area contributed by atoms with Crippen LogP contribution in [0.2, 0.25) is 0 Å². The first kappa shape index (κ1) is 14.8. The monoisotopic (exact) mass is 258 g/mol. The van der Waals surface area contributed by atoms with Crippen LogP contribution >= 0.6 is 0 Å². The van der Waals surface area contributed by atoms with Crippen LogP contribution in [0.5, 0.6) is 0 Å². The largest absolute Gasteiger partial charge is 0.481 e. The maximum absolute atomic E-state index is 12.0. The summed E-state index contributed by atoms with van der Waals surface area (Å²) in [4.78, 5) is 25.9. The molecule has 104 valence electrons. The minimum atomic E-state index is -0.905. The third-order valence-corrected chi connectivity index (χ3v) is 3.47. The molecule has 2 amide bonds. The van der Waals surface area contributed by atoms with Crippen LogP contribution in [-0.4, -0.2) is 64.8 Å². The van der Waals surface area contributed by atoms with Crippen LogP contribution in [-0.2, 0) is 4.79 Å². The lowest BCUT2D eigenvalue weighted by Gasteiger charge is -2.26. The van der Waals surface area contributed by atoms with Gasteiger partial charge in [-0.25, -0.2) is 4.79 Å².